The van der Waals surface area contributed by atoms with Gasteiger partial charge in [0.15, 0.2) is 0 Å². The van der Waals surface area contributed by atoms with Crippen molar-refractivity contribution in [3.63, 3.8) is 0 Å². The van der Waals surface area contributed by atoms with E-state index in [4.69, 9.17) is 0 Å². The minimum absolute atomic E-state index is 0. The summed E-state index contributed by atoms with van der Waals surface area (Å²) < 4.78 is 0. The van der Waals surface area contributed by atoms with Crippen LogP contribution in [-0.2, 0) is 75.0 Å². The molecule has 0 saturated carbocycles. The predicted octanol–water partition coefficient (Wildman–Crippen LogP) is -0.0100. The van der Waals surface area contributed by atoms with E-state index in [0.29, 0.717) is 0 Å². The van der Waals surface area contributed by atoms with E-state index in [1.165, 1.54) is 0 Å². The molecular formula is FeNiReW. The molecule has 0 unspecified atom stereocenters. The average Bonchev–Trinajstić information content (AvgIpc) is 0. The first-order valence-electron chi connectivity index (χ1n) is 0. The van der Waals surface area contributed by atoms with Crippen LogP contribution in [0.25, 0.3) is 0 Å². The molecule has 0 fully saturated rings. The molecule has 0 atom stereocenters. The van der Waals surface area contributed by atoms with Crippen LogP contribution in [0.4, 0.5) is 0 Å². The van der Waals surface area contributed by atoms with Gasteiger partial charge >= 0.3 is 0 Å². The molecule has 0 amide bonds. The van der Waals surface area contributed by atoms with E-state index in [-0.39, 0.29) is 75.0 Å². The summed E-state index contributed by atoms with van der Waals surface area (Å²) in [7, 11) is 0. The van der Waals surface area contributed by atoms with Gasteiger partial charge in [0, 0.05) is 75.0 Å². The number of hydrogen-bond acceptors (Lipinski definition) is 0. The fourth-order valence-electron chi connectivity index (χ4n) is 0. The molecule has 0 heterocycles. The zero-order chi connectivity index (χ0) is 0. The predicted molar refractivity (Wildman–Crippen MR) is 0 cm³/mol. The zero-order valence-corrected chi connectivity index (χ0v) is 9.20. The molecule has 4 heteroatoms. The Labute approximate surface area is 74.2 Å². The Morgan fingerprint density at radius 2 is 1.00 bits per heavy atom. The largest absolute Gasteiger partial charge is 0 e. The second kappa shape index (κ2) is 18.3. The molecule has 31 valence electrons. The summed E-state index contributed by atoms with van der Waals surface area (Å²) in [5.41, 5.74) is 0. The molecule has 0 aliphatic carbocycles. The Balaban J connectivity index is 0. The summed E-state index contributed by atoms with van der Waals surface area (Å²) in [4.78, 5) is 0. The van der Waals surface area contributed by atoms with Gasteiger partial charge in [0.1, 0.15) is 0 Å². The molecule has 0 saturated heterocycles. The van der Waals surface area contributed by atoms with Gasteiger partial charge in [-0.05, 0) is 0 Å². The van der Waals surface area contributed by atoms with Gasteiger partial charge in [-0.1, -0.05) is 0 Å². The maximum absolute atomic E-state index is 0. The van der Waals surface area contributed by atoms with Crippen LogP contribution >= 0.6 is 0 Å². The monoisotopic (exact) mass is 485 g/mol. The summed E-state index contributed by atoms with van der Waals surface area (Å²) in [6, 6.07) is 0. The molecule has 1 radical (unpaired) electrons. The summed E-state index contributed by atoms with van der Waals surface area (Å²) in [5, 5.41) is 0. The van der Waals surface area contributed by atoms with Crippen LogP contribution in [0, 0.1) is 0 Å². The van der Waals surface area contributed by atoms with E-state index in [0.717, 1.165) is 0 Å². The van der Waals surface area contributed by atoms with Crippen molar-refractivity contribution >= 4 is 0 Å². The van der Waals surface area contributed by atoms with E-state index in [1.54, 1.807) is 0 Å². The smallest absolute Gasteiger partial charge is 0 e. The number of rotatable bonds is 0. The Hall–Kier alpha value is 2.36. The third-order valence-electron chi connectivity index (χ3n) is 0. The quantitative estimate of drug-likeness (QED) is 0.425. The molecule has 0 aliphatic heterocycles. The van der Waals surface area contributed by atoms with Crippen LogP contribution in [0.1, 0.15) is 0 Å². The van der Waals surface area contributed by atoms with Crippen molar-refractivity contribution in [2.24, 2.45) is 0 Å². The van der Waals surface area contributed by atoms with E-state index in [1.807, 2.05) is 0 Å². The first kappa shape index (κ1) is 32.8. The van der Waals surface area contributed by atoms with Gasteiger partial charge in [0.2, 0.25) is 0 Å². The maximum Gasteiger partial charge on any atom is 0 e. The molecule has 0 aliphatic rings. The maximum atomic E-state index is 0. The van der Waals surface area contributed by atoms with Crippen LogP contribution in [0.5, 0.6) is 0 Å². The SMILES string of the molecule is [Fe].[Ni].[Re].[W]. The summed E-state index contributed by atoms with van der Waals surface area (Å²) in [6.07, 6.45) is 0. The van der Waals surface area contributed by atoms with E-state index in [9.17, 15) is 0 Å². The van der Waals surface area contributed by atoms with Gasteiger partial charge in [0.05, 0.1) is 0 Å². The molecular weight excluding hydrogens is 485 g/mol. The van der Waals surface area contributed by atoms with Crippen molar-refractivity contribution in [2.75, 3.05) is 0 Å². The molecule has 0 aromatic carbocycles. The van der Waals surface area contributed by atoms with Crippen molar-refractivity contribution in [1.82, 2.24) is 0 Å². The van der Waals surface area contributed by atoms with Crippen LogP contribution in [0.3, 0.4) is 0 Å². The van der Waals surface area contributed by atoms with Crippen molar-refractivity contribution in [3.8, 4) is 0 Å². The van der Waals surface area contributed by atoms with Crippen LogP contribution in [-0.4, -0.2) is 0 Å². The Kier molecular flexibility index (Phi) is 150. The van der Waals surface area contributed by atoms with E-state index in [2.05, 4.69) is 0 Å². The van der Waals surface area contributed by atoms with Gasteiger partial charge in [0.25, 0.3) is 0 Å². The zero-order valence-electron chi connectivity index (χ0n) is 1.46. The third kappa shape index (κ3) is 8.84. The van der Waals surface area contributed by atoms with Crippen molar-refractivity contribution in [3.05, 3.63) is 0 Å². The second-order valence-corrected chi connectivity index (χ2v) is 0. The Morgan fingerprint density at radius 3 is 1.00 bits per heavy atom. The Bertz CT molecular complexity index is 8.00. The average molecular weight is 485 g/mol. The van der Waals surface area contributed by atoms with Gasteiger partial charge in [-0.3, -0.25) is 0 Å². The second-order valence-electron chi connectivity index (χ2n) is 0. The molecule has 0 N–H and O–H groups in total. The van der Waals surface area contributed by atoms with Gasteiger partial charge in [-0.15, -0.1) is 0 Å². The normalized spacial score (nSPS) is 0. The summed E-state index contributed by atoms with van der Waals surface area (Å²) >= 11 is 0. The fraction of sp³-hybridized carbons (Fsp3) is 0. The van der Waals surface area contributed by atoms with Crippen LogP contribution in [0.15, 0.2) is 0 Å². The topological polar surface area (TPSA) is 0 Å². The molecule has 0 bridgehead atoms. The summed E-state index contributed by atoms with van der Waals surface area (Å²) in [5.74, 6) is 0. The number of hydrogen-bond donors (Lipinski definition) is 0. The van der Waals surface area contributed by atoms with Crippen molar-refractivity contribution < 1.29 is 75.0 Å². The molecule has 0 spiro atoms. The van der Waals surface area contributed by atoms with Crippen LogP contribution < -0.4 is 0 Å². The van der Waals surface area contributed by atoms with Crippen LogP contribution in [0.2, 0.25) is 0 Å². The van der Waals surface area contributed by atoms with E-state index < -0.39 is 0 Å². The van der Waals surface area contributed by atoms with Gasteiger partial charge < -0.3 is 0 Å². The summed E-state index contributed by atoms with van der Waals surface area (Å²) in [6.45, 7) is 0. The minimum atomic E-state index is 0. The third-order valence-corrected chi connectivity index (χ3v) is 0. The van der Waals surface area contributed by atoms with Gasteiger partial charge in [-0.2, -0.15) is 0 Å². The fourth-order valence-corrected chi connectivity index (χ4v) is 0. The minimum Gasteiger partial charge on any atom is 0 e. The standard InChI is InChI=1S/Fe.Ni.Re.W. The molecule has 0 nitrogen and oxygen atoms in total. The molecule has 0 aromatic rings. The van der Waals surface area contributed by atoms with Crippen molar-refractivity contribution in [2.45, 2.75) is 0 Å². The Morgan fingerprint density at radius 1 is 1.00 bits per heavy atom. The first-order chi connectivity index (χ1) is 0. The van der Waals surface area contributed by atoms with Gasteiger partial charge in [-0.25, -0.2) is 0 Å². The molecule has 0 rings (SSSR count). The first-order valence-corrected chi connectivity index (χ1v) is 0. The molecule has 0 aromatic heterocycles. The van der Waals surface area contributed by atoms with E-state index >= 15 is 0 Å². The van der Waals surface area contributed by atoms with Crippen molar-refractivity contribution in [1.29, 1.82) is 0 Å². The molecule has 4 heavy (non-hydrogen) atoms.